The molecular formula is C24H24Cl2N4O4. The van der Waals surface area contributed by atoms with Gasteiger partial charge in [-0.3, -0.25) is 9.59 Å². The van der Waals surface area contributed by atoms with E-state index in [2.05, 4.69) is 10.4 Å². The quantitative estimate of drug-likeness (QED) is 0.428. The van der Waals surface area contributed by atoms with Crippen LogP contribution in [0.4, 0.5) is 0 Å². The van der Waals surface area contributed by atoms with Crippen LogP contribution in [0.5, 0.6) is 11.5 Å². The number of nitrogens with zero attached hydrogens (tertiary/aromatic N) is 2. The lowest BCUT2D eigenvalue weighted by molar-refractivity contribution is 0.0836. The molecule has 1 aromatic heterocycles. The fourth-order valence-corrected chi connectivity index (χ4v) is 4.15. The molecule has 1 aliphatic rings. The summed E-state index contributed by atoms with van der Waals surface area (Å²) in [6.07, 6.45) is 3.95. The van der Waals surface area contributed by atoms with E-state index in [1.54, 1.807) is 24.3 Å². The normalized spacial score (nSPS) is 14.0. The predicted molar refractivity (Wildman–Crippen MR) is 130 cm³/mol. The molecule has 3 aromatic rings. The van der Waals surface area contributed by atoms with Gasteiger partial charge in [-0.15, -0.1) is 0 Å². The number of carbonyl (C=O) groups is 1. The molecule has 0 aliphatic heterocycles. The highest BCUT2D eigenvalue weighted by Crippen LogP contribution is 2.41. The van der Waals surface area contributed by atoms with Crippen LogP contribution in [0.1, 0.15) is 40.2 Å². The lowest BCUT2D eigenvalue weighted by Crippen LogP contribution is -2.43. The highest BCUT2D eigenvalue weighted by Gasteiger charge is 2.25. The lowest BCUT2D eigenvalue weighted by atomic mass is 10.1. The maximum Gasteiger partial charge on any atom is 0.283 e. The van der Waals surface area contributed by atoms with Gasteiger partial charge in [0.2, 0.25) is 0 Å². The largest absolute Gasteiger partial charge is 0.455 e. The fourth-order valence-electron chi connectivity index (χ4n) is 3.66. The summed E-state index contributed by atoms with van der Waals surface area (Å²) in [6, 6.07) is 12.1. The molecule has 1 aliphatic carbocycles. The Morgan fingerprint density at radius 3 is 2.76 bits per heavy atom. The molecule has 1 fully saturated rings. The maximum atomic E-state index is 13.2. The monoisotopic (exact) mass is 502 g/mol. The first-order chi connectivity index (χ1) is 16.4. The van der Waals surface area contributed by atoms with Gasteiger partial charge in [-0.2, -0.15) is 5.10 Å². The number of aromatic nitrogens is 2. The SMILES string of the molecule is Cn1ncc(Oc2cccc(C3CC3)c2)c(C(=O)NC(CON)Cc2ccc(Cl)cc2Cl)c1=O. The van der Waals surface area contributed by atoms with Gasteiger partial charge < -0.3 is 14.9 Å². The van der Waals surface area contributed by atoms with Crippen LogP contribution in [0.3, 0.4) is 0 Å². The Kier molecular flexibility index (Phi) is 7.53. The lowest BCUT2D eigenvalue weighted by Gasteiger charge is -2.19. The van der Waals surface area contributed by atoms with E-state index in [0.29, 0.717) is 28.1 Å². The molecule has 0 spiro atoms. The first kappa shape index (κ1) is 24.2. The number of halogens is 2. The van der Waals surface area contributed by atoms with Gasteiger partial charge in [0, 0.05) is 17.1 Å². The molecule has 1 saturated carbocycles. The number of nitrogens with two attached hydrogens (primary N) is 1. The number of aryl methyl sites for hydroxylation is 1. The van der Waals surface area contributed by atoms with Crippen LogP contribution in [-0.2, 0) is 18.3 Å². The van der Waals surface area contributed by atoms with Crippen molar-refractivity contribution in [3.05, 3.63) is 85.8 Å². The van der Waals surface area contributed by atoms with Crippen molar-refractivity contribution < 1.29 is 14.4 Å². The Bertz CT molecular complexity index is 1260. The number of rotatable bonds is 9. The van der Waals surface area contributed by atoms with E-state index in [1.165, 1.54) is 18.8 Å². The molecule has 1 unspecified atom stereocenters. The standard InChI is InChI=1S/C24H24Cl2N4O4/c1-30-24(32)22(21(12-28-30)34-19-4-2-3-15(10-19)14-5-6-14)23(31)29-18(13-33-27)9-16-7-8-17(25)11-20(16)26/h2-4,7-8,10-12,14,18H,5-6,9,13,27H2,1H3,(H,29,31). The van der Waals surface area contributed by atoms with Crippen molar-refractivity contribution in [1.29, 1.82) is 0 Å². The minimum absolute atomic E-state index is 0.00425. The summed E-state index contributed by atoms with van der Waals surface area (Å²) < 4.78 is 7.03. The third-order valence-electron chi connectivity index (χ3n) is 5.58. The molecule has 1 amide bonds. The molecule has 4 rings (SSSR count). The minimum Gasteiger partial charge on any atom is -0.455 e. The summed E-state index contributed by atoms with van der Waals surface area (Å²) in [5.74, 6) is 5.77. The van der Waals surface area contributed by atoms with E-state index in [-0.39, 0.29) is 17.9 Å². The van der Waals surface area contributed by atoms with Gasteiger partial charge in [0.25, 0.3) is 11.5 Å². The summed E-state index contributed by atoms with van der Waals surface area (Å²) in [7, 11) is 1.46. The number of nitrogens with one attached hydrogen (secondary N) is 1. The first-order valence-corrected chi connectivity index (χ1v) is 11.5. The van der Waals surface area contributed by atoms with E-state index in [9.17, 15) is 9.59 Å². The van der Waals surface area contributed by atoms with E-state index < -0.39 is 17.5 Å². The van der Waals surface area contributed by atoms with Gasteiger partial charge in [-0.05, 0) is 60.6 Å². The Morgan fingerprint density at radius 1 is 1.26 bits per heavy atom. The van der Waals surface area contributed by atoms with Crippen LogP contribution in [-0.4, -0.2) is 28.3 Å². The van der Waals surface area contributed by atoms with Crippen LogP contribution in [0.2, 0.25) is 10.0 Å². The molecule has 3 N–H and O–H groups in total. The molecule has 0 radical (unpaired) electrons. The third-order valence-corrected chi connectivity index (χ3v) is 6.17. The first-order valence-electron chi connectivity index (χ1n) is 10.8. The number of amides is 1. The van der Waals surface area contributed by atoms with Crippen LogP contribution in [0.15, 0.2) is 53.5 Å². The van der Waals surface area contributed by atoms with Crippen molar-refractivity contribution >= 4 is 29.1 Å². The van der Waals surface area contributed by atoms with Crippen LogP contribution in [0.25, 0.3) is 0 Å². The predicted octanol–water partition coefficient (Wildman–Crippen LogP) is 3.99. The maximum absolute atomic E-state index is 13.2. The van der Waals surface area contributed by atoms with E-state index >= 15 is 0 Å². The Labute approximate surface area is 206 Å². The second kappa shape index (κ2) is 10.6. The van der Waals surface area contributed by atoms with Crippen LogP contribution < -0.4 is 21.5 Å². The molecule has 0 saturated heterocycles. The number of benzene rings is 2. The molecule has 1 atom stereocenters. The van der Waals surface area contributed by atoms with Crippen molar-refractivity contribution in [2.75, 3.05) is 6.61 Å². The highest BCUT2D eigenvalue weighted by atomic mass is 35.5. The molecule has 178 valence electrons. The van der Waals surface area contributed by atoms with Crippen molar-refractivity contribution in [3.8, 4) is 11.5 Å². The summed E-state index contributed by atoms with van der Waals surface area (Å²) >= 11 is 12.2. The smallest absolute Gasteiger partial charge is 0.283 e. The molecule has 8 nitrogen and oxygen atoms in total. The van der Waals surface area contributed by atoms with E-state index in [1.807, 2.05) is 18.2 Å². The molecule has 2 aromatic carbocycles. The van der Waals surface area contributed by atoms with Crippen LogP contribution in [0, 0.1) is 0 Å². The van der Waals surface area contributed by atoms with E-state index in [0.717, 1.165) is 23.1 Å². The number of carbonyl (C=O) groups excluding carboxylic acids is 1. The topological polar surface area (TPSA) is 108 Å². The highest BCUT2D eigenvalue weighted by molar-refractivity contribution is 6.35. The average Bonchev–Trinajstić information content (AvgIpc) is 3.64. The average molecular weight is 503 g/mol. The summed E-state index contributed by atoms with van der Waals surface area (Å²) in [6.45, 7) is -0.00425. The Hall–Kier alpha value is -2.91. The van der Waals surface area contributed by atoms with Gasteiger partial charge in [0.15, 0.2) is 11.3 Å². The van der Waals surface area contributed by atoms with Gasteiger partial charge in [0.05, 0.1) is 18.8 Å². The van der Waals surface area contributed by atoms with Crippen molar-refractivity contribution in [2.45, 2.75) is 31.2 Å². The van der Waals surface area contributed by atoms with Gasteiger partial charge in [-0.25, -0.2) is 10.6 Å². The number of hydrogen-bond acceptors (Lipinski definition) is 6. The zero-order valence-electron chi connectivity index (χ0n) is 18.5. The second-order valence-corrected chi connectivity index (χ2v) is 9.05. The van der Waals surface area contributed by atoms with Crippen LogP contribution >= 0.6 is 23.2 Å². The van der Waals surface area contributed by atoms with E-state index in [4.69, 9.17) is 38.7 Å². The minimum atomic E-state index is -0.636. The number of ether oxygens (including phenoxy) is 1. The Morgan fingerprint density at radius 2 is 2.06 bits per heavy atom. The summed E-state index contributed by atoms with van der Waals surface area (Å²) in [5.41, 5.74) is 1.15. The van der Waals surface area contributed by atoms with Crippen molar-refractivity contribution in [1.82, 2.24) is 15.1 Å². The molecule has 1 heterocycles. The Balaban J connectivity index is 1.59. The molecule has 0 bridgehead atoms. The number of hydrogen-bond donors (Lipinski definition) is 2. The second-order valence-electron chi connectivity index (χ2n) is 8.20. The summed E-state index contributed by atoms with van der Waals surface area (Å²) in [4.78, 5) is 30.9. The summed E-state index contributed by atoms with van der Waals surface area (Å²) in [5, 5.41) is 7.76. The van der Waals surface area contributed by atoms with Crippen molar-refractivity contribution in [2.24, 2.45) is 12.9 Å². The third kappa shape index (κ3) is 5.77. The molecule has 10 heteroatoms. The van der Waals surface area contributed by atoms with Gasteiger partial charge in [0.1, 0.15) is 5.75 Å². The zero-order chi connectivity index (χ0) is 24.2. The molecular weight excluding hydrogens is 479 g/mol. The van der Waals surface area contributed by atoms with Crippen molar-refractivity contribution in [3.63, 3.8) is 0 Å². The fraction of sp³-hybridized carbons (Fsp3) is 0.292. The van der Waals surface area contributed by atoms with Gasteiger partial charge in [-0.1, -0.05) is 41.4 Å². The molecule has 34 heavy (non-hydrogen) atoms. The van der Waals surface area contributed by atoms with Gasteiger partial charge >= 0.3 is 0 Å². The zero-order valence-corrected chi connectivity index (χ0v) is 20.0.